The summed E-state index contributed by atoms with van der Waals surface area (Å²) >= 11 is 0. The van der Waals surface area contributed by atoms with Gasteiger partial charge in [-0.3, -0.25) is 4.90 Å². The van der Waals surface area contributed by atoms with Gasteiger partial charge in [0.25, 0.3) is 0 Å². The predicted molar refractivity (Wildman–Crippen MR) is 71.4 cm³/mol. The van der Waals surface area contributed by atoms with Crippen molar-refractivity contribution < 1.29 is 14.3 Å². The number of hydrogen-bond donors (Lipinski definition) is 1. The zero-order chi connectivity index (χ0) is 13.4. The highest BCUT2D eigenvalue weighted by atomic mass is 16.5. The SMILES string of the molecule is CCCN(Cc1ccco1)CC(O)COC(C)C. The second-order valence-electron chi connectivity index (χ2n) is 4.85. The smallest absolute Gasteiger partial charge is 0.117 e. The highest BCUT2D eigenvalue weighted by Gasteiger charge is 2.13. The molecule has 104 valence electrons. The molecule has 0 spiro atoms. The lowest BCUT2D eigenvalue weighted by Crippen LogP contribution is -2.35. The van der Waals surface area contributed by atoms with E-state index in [9.17, 15) is 5.11 Å². The fourth-order valence-corrected chi connectivity index (χ4v) is 1.83. The third-order valence-corrected chi connectivity index (χ3v) is 2.59. The van der Waals surface area contributed by atoms with E-state index in [4.69, 9.17) is 9.15 Å². The lowest BCUT2D eigenvalue weighted by Gasteiger charge is -2.24. The lowest BCUT2D eigenvalue weighted by atomic mass is 10.3. The van der Waals surface area contributed by atoms with Crippen LogP contribution in [0.15, 0.2) is 22.8 Å². The Labute approximate surface area is 110 Å². The summed E-state index contributed by atoms with van der Waals surface area (Å²) in [6, 6.07) is 3.84. The molecule has 0 saturated heterocycles. The number of ether oxygens (including phenoxy) is 1. The molecule has 1 aromatic rings. The van der Waals surface area contributed by atoms with Crippen molar-refractivity contribution in [3.8, 4) is 0 Å². The highest BCUT2D eigenvalue weighted by Crippen LogP contribution is 2.07. The topological polar surface area (TPSA) is 45.8 Å². The predicted octanol–water partition coefficient (Wildman–Crippen LogP) is 2.28. The summed E-state index contributed by atoms with van der Waals surface area (Å²) < 4.78 is 10.8. The number of rotatable bonds is 9. The maximum Gasteiger partial charge on any atom is 0.117 e. The maximum absolute atomic E-state index is 9.93. The van der Waals surface area contributed by atoms with Crippen molar-refractivity contribution in [1.29, 1.82) is 0 Å². The highest BCUT2D eigenvalue weighted by molar-refractivity contribution is 4.97. The normalized spacial score (nSPS) is 13.4. The summed E-state index contributed by atoms with van der Waals surface area (Å²) in [7, 11) is 0. The van der Waals surface area contributed by atoms with Gasteiger partial charge in [-0.05, 0) is 38.9 Å². The second-order valence-corrected chi connectivity index (χ2v) is 4.85. The van der Waals surface area contributed by atoms with E-state index in [-0.39, 0.29) is 6.10 Å². The fourth-order valence-electron chi connectivity index (χ4n) is 1.83. The first-order chi connectivity index (χ1) is 8.61. The van der Waals surface area contributed by atoms with E-state index in [1.165, 1.54) is 0 Å². The first kappa shape index (κ1) is 15.2. The Kier molecular flexibility index (Phi) is 7.01. The molecule has 1 unspecified atom stereocenters. The largest absolute Gasteiger partial charge is 0.468 e. The summed E-state index contributed by atoms with van der Waals surface area (Å²) in [4.78, 5) is 2.19. The van der Waals surface area contributed by atoms with Crippen molar-refractivity contribution >= 4 is 0 Å². The van der Waals surface area contributed by atoms with E-state index in [2.05, 4.69) is 11.8 Å². The number of aliphatic hydroxyl groups excluding tert-OH is 1. The van der Waals surface area contributed by atoms with Crippen LogP contribution < -0.4 is 0 Å². The van der Waals surface area contributed by atoms with Crippen molar-refractivity contribution in [3.05, 3.63) is 24.2 Å². The number of furan rings is 1. The summed E-state index contributed by atoms with van der Waals surface area (Å²) in [5, 5.41) is 9.93. The van der Waals surface area contributed by atoms with Crippen molar-refractivity contribution in [2.75, 3.05) is 19.7 Å². The number of hydrogen-bond acceptors (Lipinski definition) is 4. The Morgan fingerprint density at radius 2 is 2.22 bits per heavy atom. The minimum absolute atomic E-state index is 0.157. The summed E-state index contributed by atoms with van der Waals surface area (Å²) in [6.45, 7) is 8.75. The number of nitrogens with zero attached hydrogens (tertiary/aromatic N) is 1. The van der Waals surface area contributed by atoms with Crippen LogP contribution >= 0.6 is 0 Å². The Bertz CT molecular complexity index is 298. The van der Waals surface area contributed by atoms with E-state index >= 15 is 0 Å². The van der Waals surface area contributed by atoms with Crippen molar-refractivity contribution in [3.63, 3.8) is 0 Å². The molecule has 0 bridgehead atoms. The van der Waals surface area contributed by atoms with Gasteiger partial charge in [0, 0.05) is 6.54 Å². The summed E-state index contributed by atoms with van der Waals surface area (Å²) in [6.07, 6.45) is 2.44. The molecule has 0 fully saturated rings. The van der Waals surface area contributed by atoms with Crippen molar-refractivity contribution in [1.82, 2.24) is 4.90 Å². The van der Waals surface area contributed by atoms with Gasteiger partial charge in [0.2, 0.25) is 0 Å². The third-order valence-electron chi connectivity index (χ3n) is 2.59. The molecule has 0 aliphatic rings. The van der Waals surface area contributed by atoms with E-state index in [1.54, 1.807) is 6.26 Å². The maximum atomic E-state index is 9.93. The Morgan fingerprint density at radius 3 is 2.78 bits per heavy atom. The summed E-state index contributed by atoms with van der Waals surface area (Å²) in [5.41, 5.74) is 0. The molecule has 4 nitrogen and oxygen atoms in total. The van der Waals surface area contributed by atoms with Gasteiger partial charge >= 0.3 is 0 Å². The molecule has 1 N–H and O–H groups in total. The summed E-state index contributed by atoms with van der Waals surface area (Å²) in [5.74, 6) is 0.931. The van der Waals surface area contributed by atoms with Gasteiger partial charge < -0.3 is 14.3 Å². The van der Waals surface area contributed by atoms with Gasteiger partial charge in [-0.1, -0.05) is 6.92 Å². The Hall–Kier alpha value is -0.840. The van der Waals surface area contributed by atoms with Crippen LogP contribution in [0.3, 0.4) is 0 Å². The molecule has 18 heavy (non-hydrogen) atoms. The van der Waals surface area contributed by atoms with Crippen LogP contribution in [-0.2, 0) is 11.3 Å². The van der Waals surface area contributed by atoms with Crippen LogP contribution in [0.2, 0.25) is 0 Å². The van der Waals surface area contributed by atoms with Gasteiger partial charge in [-0.25, -0.2) is 0 Å². The first-order valence-corrected chi connectivity index (χ1v) is 6.66. The van der Waals surface area contributed by atoms with E-state index in [0.717, 1.165) is 25.3 Å². The molecule has 0 aliphatic carbocycles. The van der Waals surface area contributed by atoms with E-state index in [1.807, 2.05) is 26.0 Å². The van der Waals surface area contributed by atoms with Gasteiger partial charge in [-0.15, -0.1) is 0 Å². The van der Waals surface area contributed by atoms with Crippen LogP contribution in [0.5, 0.6) is 0 Å². The zero-order valence-corrected chi connectivity index (χ0v) is 11.6. The molecule has 4 heteroatoms. The molecule has 1 heterocycles. The molecular formula is C14H25NO3. The fraction of sp³-hybridized carbons (Fsp3) is 0.714. The average Bonchev–Trinajstić information content (AvgIpc) is 2.79. The molecular weight excluding hydrogens is 230 g/mol. The standard InChI is InChI=1S/C14H25NO3/c1-4-7-15(10-14-6-5-8-17-14)9-13(16)11-18-12(2)3/h5-6,8,12-13,16H,4,7,9-11H2,1-3H3. The van der Waals surface area contributed by atoms with Crippen LogP contribution in [0, 0.1) is 0 Å². The lowest BCUT2D eigenvalue weighted by molar-refractivity contribution is -0.0102. The minimum Gasteiger partial charge on any atom is -0.468 e. The monoisotopic (exact) mass is 255 g/mol. The van der Waals surface area contributed by atoms with E-state index in [0.29, 0.717) is 13.2 Å². The zero-order valence-electron chi connectivity index (χ0n) is 11.6. The molecule has 0 radical (unpaired) electrons. The Balaban J connectivity index is 2.36. The average molecular weight is 255 g/mol. The van der Waals surface area contributed by atoms with Gasteiger partial charge in [0.1, 0.15) is 5.76 Å². The molecule has 0 aromatic carbocycles. The molecule has 1 aromatic heterocycles. The Morgan fingerprint density at radius 1 is 1.44 bits per heavy atom. The molecule has 0 amide bonds. The quantitative estimate of drug-likeness (QED) is 0.735. The second kappa shape index (κ2) is 8.29. The van der Waals surface area contributed by atoms with Crippen LogP contribution in [0.1, 0.15) is 33.0 Å². The van der Waals surface area contributed by atoms with Crippen LogP contribution in [-0.4, -0.2) is 41.9 Å². The van der Waals surface area contributed by atoms with Gasteiger partial charge in [-0.2, -0.15) is 0 Å². The molecule has 1 rings (SSSR count). The van der Waals surface area contributed by atoms with Crippen molar-refractivity contribution in [2.45, 2.75) is 45.9 Å². The number of aliphatic hydroxyl groups is 1. The minimum atomic E-state index is -0.450. The van der Waals surface area contributed by atoms with Gasteiger partial charge in [0.05, 0.1) is 31.6 Å². The first-order valence-electron chi connectivity index (χ1n) is 6.66. The third kappa shape index (κ3) is 6.19. The molecule has 0 aliphatic heterocycles. The molecule has 1 atom stereocenters. The van der Waals surface area contributed by atoms with Crippen LogP contribution in [0.4, 0.5) is 0 Å². The molecule has 0 saturated carbocycles. The van der Waals surface area contributed by atoms with Crippen LogP contribution in [0.25, 0.3) is 0 Å². The van der Waals surface area contributed by atoms with E-state index < -0.39 is 6.10 Å². The van der Waals surface area contributed by atoms with Gasteiger partial charge in [0.15, 0.2) is 0 Å². The van der Waals surface area contributed by atoms with Crippen molar-refractivity contribution in [2.24, 2.45) is 0 Å².